The Balaban J connectivity index is 1.38. The van der Waals surface area contributed by atoms with E-state index in [1.54, 1.807) is 27.0 Å². The van der Waals surface area contributed by atoms with Gasteiger partial charge in [-0.15, -0.1) is 15.0 Å². The fourth-order valence-electron chi connectivity index (χ4n) is 4.91. The summed E-state index contributed by atoms with van der Waals surface area (Å²) < 4.78 is 4.99. The maximum Gasteiger partial charge on any atom is 0.462 e. The lowest BCUT2D eigenvalue weighted by Crippen LogP contribution is -2.47. The molecule has 2 heterocycles. The number of ether oxygens (including phenoxy) is 1. The van der Waals surface area contributed by atoms with Gasteiger partial charge in [-0.2, -0.15) is 0 Å². The average molecular weight is 535 g/mol. The lowest BCUT2D eigenvalue weighted by atomic mass is 9.63. The lowest BCUT2D eigenvalue weighted by Gasteiger charge is -2.42. The highest BCUT2D eigenvalue weighted by Gasteiger charge is 2.37. The number of rotatable bonds is 3. The van der Waals surface area contributed by atoms with Crippen LogP contribution >= 0.6 is 0 Å². The first-order chi connectivity index (χ1) is 18.2. The second-order valence-corrected chi connectivity index (χ2v) is 12.3. The first-order valence-corrected chi connectivity index (χ1v) is 13.3. The molecule has 1 aliphatic heterocycles. The highest BCUT2D eigenvalue weighted by atomic mass is 16.7. The van der Waals surface area contributed by atoms with Gasteiger partial charge in [-0.1, -0.05) is 39.8 Å². The van der Waals surface area contributed by atoms with Crippen molar-refractivity contribution in [1.82, 2.24) is 15.0 Å². The number of carbonyl (C=O) groups excluding carboxylic acids is 2. The molecule has 1 aromatic heterocycles. The first-order valence-electron chi connectivity index (χ1n) is 13.3. The van der Waals surface area contributed by atoms with Crippen LogP contribution in [-0.4, -0.2) is 65.0 Å². The number of benzene rings is 1. The monoisotopic (exact) mass is 534 g/mol. The van der Waals surface area contributed by atoms with Crippen molar-refractivity contribution in [2.45, 2.75) is 77.7 Å². The van der Waals surface area contributed by atoms with Crippen molar-refractivity contribution < 1.29 is 19.2 Å². The minimum absolute atomic E-state index is 0.121. The predicted octanol–water partition coefficient (Wildman–Crippen LogP) is 5.78. The first kappa shape index (κ1) is 28.4. The van der Waals surface area contributed by atoms with Gasteiger partial charge in [0.1, 0.15) is 11.6 Å². The Kier molecular flexibility index (Phi) is 7.91. The minimum Gasteiger partial charge on any atom is -0.442 e. The van der Waals surface area contributed by atoms with E-state index < -0.39 is 17.8 Å². The third-order valence-electron chi connectivity index (χ3n) is 7.20. The third-order valence-corrected chi connectivity index (χ3v) is 7.20. The molecule has 0 bridgehead atoms. The van der Waals surface area contributed by atoms with E-state index >= 15 is 0 Å². The molecule has 2 amide bonds. The quantitative estimate of drug-likeness (QED) is 0.456. The molecule has 1 fully saturated rings. The molecule has 10 heteroatoms. The fraction of sp³-hybridized carbons (Fsp3) is 0.552. The SMILES string of the molecule is CC(C)(C)OC(=O)N=C=NC(=O)ON1CCN(c2nccc(-c3ccc4c(c3)C(C)(C)CCC4(C)C)n2)CC1. The number of hydrogen-bond donors (Lipinski definition) is 0. The summed E-state index contributed by atoms with van der Waals surface area (Å²) in [7, 11) is 0. The van der Waals surface area contributed by atoms with Crippen molar-refractivity contribution in [2.75, 3.05) is 31.1 Å². The van der Waals surface area contributed by atoms with Crippen LogP contribution in [0.25, 0.3) is 11.3 Å². The Morgan fingerprint density at radius 3 is 2.23 bits per heavy atom. The van der Waals surface area contributed by atoms with Crippen molar-refractivity contribution in [1.29, 1.82) is 0 Å². The Bertz CT molecular complexity index is 1300. The number of amides is 2. The molecule has 0 radical (unpaired) electrons. The van der Waals surface area contributed by atoms with E-state index in [9.17, 15) is 9.59 Å². The maximum absolute atomic E-state index is 12.0. The van der Waals surface area contributed by atoms with Crippen LogP contribution in [0.15, 0.2) is 40.4 Å². The van der Waals surface area contributed by atoms with Gasteiger partial charge in [0.15, 0.2) is 0 Å². The molecular weight excluding hydrogens is 496 g/mol. The maximum atomic E-state index is 12.0. The number of aromatic nitrogens is 2. The topological polar surface area (TPSA) is 110 Å². The summed E-state index contributed by atoms with van der Waals surface area (Å²) >= 11 is 0. The second-order valence-electron chi connectivity index (χ2n) is 12.3. The molecule has 4 rings (SSSR count). The molecule has 208 valence electrons. The molecule has 2 aromatic rings. The Morgan fingerprint density at radius 2 is 1.56 bits per heavy atom. The third kappa shape index (κ3) is 7.07. The molecule has 0 saturated carbocycles. The van der Waals surface area contributed by atoms with E-state index in [1.165, 1.54) is 22.6 Å². The summed E-state index contributed by atoms with van der Waals surface area (Å²) in [6.45, 7) is 16.4. The van der Waals surface area contributed by atoms with Gasteiger partial charge in [0.05, 0.1) is 18.8 Å². The molecule has 2 aliphatic rings. The number of carbonyl (C=O) groups is 2. The van der Waals surface area contributed by atoms with Gasteiger partial charge < -0.3 is 14.5 Å². The summed E-state index contributed by atoms with van der Waals surface area (Å²) in [5.41, 5.74) is 4.38. The lowest BCUT2D eigenvalue weighted by molar-refractivity contribution is -0.0984. The Labute approximate surface area is 230 Å². The number of anilines is 1. The van der Waals surface area contributed by atoms with E-state index in [1.807, 2.05) is 12.1 Å². The van der Waals surface area contributed by atoms with Gasteiger partial charge in [-0.05, 0) is 67.7 Å². The summed E-state index contributed by atoms with van der Waals surface area (Å²) in [5.74, 6) is 0.637. The summed E-state index contributed by atoms with van der Waals surface area (Å²) in [6.07, 6.45) is 2.34. The Morgan fingerprint density at radius 1 is 0.923 bits per heavy atom. The zero-order chi connectivity index (χ0) is 28.4. The average Bonchev–Trinajstić information content (AvgIpc) is 2.86. The second kappa shape index (κ2) is 10.9. The van der Waals surface area contributed by atoms with E-state index in [4.69, 9.17) is 14.6 Å². The van der Waals surface area contributed by atoms with Crippen molar-refractivity contribution >= 4 is 24.1 Å². The fourth-order valence-corrected chi connectivity index (χ4v) is 4.91. The Hall–Kier alpha value is -3.62. The molecule has 1 saturated heterocycles. The predicted molar refractivity (Wildman–Crippen MR) is 149 cm³/mol. The van der Waals surface area contributed by atoms with Crippen LogP contribution < -0.4 is 4.90 Å². The highest BCUT2D eigenvalue weighted by Crippen LogP contribution is 2.46. The molecule has 0 unspecified atom stereocenters. The van der Waals surface area contributed by atoms with Crippen LogP contribution in [-0.2, 0) is 20.4 Å². The summed E-state index contributed by atoms with van der Waals surface area (Å²) in [5, 5.41) is 1.51. The van der Waals surface area contributed by atoms with Crippen LogP contribution in [0, 0.1) is 0 Å². The van der Waals surface area contributed by atoms with Crippen LogP contribution in [0.5, 0.6) is 0 Å². The highest BCUT2D eigenvalue weighted by molar-refractivity contribution is 5.81. The van der Waals surface area contributed by atoms with Gasteiger partial charge in [-0.25, -0.2) is 19.6 Å². The number of fused-ring (bicyclic) bond motifs is 1. The van der Waals surface area contributed by atoms with Crippen molar-refractivity contribution in [3.63, 3.8) is 0 Å². The van der Waals surface area contributed by atoms with Crippen LogP contribution in [0.4, 0.5) is 15.5 Å². The van der Waals surface area contributed by atoms with Crippen LogP contribution in [0.2, 0.25) is 0 Å². The number of hydrogen-bond acceptors (Lipinski definition) is 8. The van der Waals surface area contributed by atoms with E-state index in [0.29, 0.717) is 32.1 Å². The minimum atomic E-state index is -0.910. The normalized spacial score (nSPS) is 18.4. The summed E-state index contributed by atoms with van der Waals surface area (Å²) in [6, 6.07) is 10.7. The van der Waals surface area contributed by atoms with Gasteiger partial charge in [0, 0.05) is 24.8 Å². The number of nitrogens with zero attached hydrogens (tertiary/aromatic N) is 6. The number of aliphatic imine (C=N–C) groups is 2. The molecule has 0 spiro atoms. The molecule has 10 nitrogen and oxygen atoms in total. The smallest absolute Gasteiger partial charge is 0.442 e. The van der Waals surface area contributed by atoms with Gasteiger partial charge >= 0.3 is 12.2 Å². The van der Waals surface area contributed by atoms with Crippen LogP contribution in [0.3, 0.4) is 0 Å². The molecular formula is C29H38N6O4. The van der Waals surface area contributed by atoms with Crippen molar-refractivity contribution in [2.24, 2.45) is 9.98 Å². The molecule has 1 aliphatic carbocycles. The molecule has 0 atom stereocenters. The van der Waals surface area contributed by atoms with E-state index in [2.05, 4.69) is 65.8 Å². The number of hydroxylamine groups is 2. The summed E-state index contributed by atoms with van der Waals surface area (Å²) in [4.78, 5) is 46.9. The van der Waals surface area contributed by atoms with Gasteiger partial charge in [-0.3, -0.25) is 0 Å². The molecule has 0 N–H and O–H groups in total. The molecule has 39 heavy (non-hydrogen) atoms. The van der Waals surface area contributed by atoms with Crippen molar-refractivity contribution in [3.8, 4) is 11.3 Å². The van der Waals surface area contributed by atoms with Gasteiger partial charge in [0.2, 0.25) is 5.95 Å². The molecule has 1 aromatic carbocycles. The van der Waals surface area contributed by atoms with E-state index in [-0.39, 0.29) is 10.8 Å². The number of piperazine rings is 1. The zero-order valence-electron chi connectivity index (χ0n) is 23.9. The van der Waals surface area contributed by atoms with Gasteiger partial charge in [0.25, 0.3) is 0 Å². The van der Waals surface area contributed by atoms with E-state index in [0.717, 1.165) is 17.7 Å². The standard InChI is InChI=1S/C29H38N6O4/c1-27(2,3)38-25(36)31-19-32-26(37)39-35-16-14-34(15-17-35)24-30-13-10-23(33-24)20-8-9-21-22(18-20)29(6,7)12-11-28(21,4)5/h8-10,13,18H,11-12,14-17H2,1-7H3. The largest absolute Gasteiger partial charge is 0.462 e. The van der Waals surface area contributed by atoms with Crippen molar-refractivity contribution in [3.05, 3.63) is 41.6 Å². The zero-order valence-corrected chi connectivity index (χ0v) is 23.9. The van der Waals surface area contributed by atoms with Crippen LogP contribution in [0.1, 0.15) is 72.4 Å².